The van der Waals surface area contributed by atoms with E-state index in [1.54, 1.807) is 0 Å². The third-order valence-corrected chi connectivity index (χ3v) is 3.79. The molecule has 1 rings (SSSR count). The number of primary amides is 1. The number of carbonyl (C=O) groups is 1. The van der Waals surface area contributed by atoms with Crippen LogP contribution in [-0.4, -0.2) is 42.0 Å². The van der Waals surface area contributed by atoms with Crippen molar-refractivity contribution in [1.82, 2.24) is 10.2 Å². The Hall–Kier alpha value is -0.610. The highest BCUT2D eigenvalue weighted by Gasteiger charge is 2.25. The lowest BCUT2D eigenvalue weighted by Gasteiger charge is -2.35. The van der Waals surface area contributed by atoms with Gasteiger partial charge in [0.05, 0.1) is 6.04 Å². The second-order valence-corrected chi connectivity index (χ2v) is 5.66. The Balaban J connectivity index is 2.54. The fourth-order valence-corrected chi connectivity index (χ4v) is 2.84. The molecule has 0 saturated heterocycles. The normalized spacial score (nSPS) is 19.4. The average molecular weight is 255 g/mol. The molecule has 1 atom stereocenters. The predicted octanol–water partition coefficient (Wildman–Crippen LogP) is 1.49. The molecule has 4 heteroatoms. The van der Waals surface area contributed by atoms with Crippen LogP contribution in [0.1, 0.15) is 52.9 Å². The van der Waals surface area contributed by atoms with Crippen LogP contribution in [0.4, 0.5) is 0 Å². The summed E-state index contributed by atoms with van der Waals surface area (Å²) < 4.78 is 0. The van der Waals surface area contributed by atoms with E-state index < -0.39 is 0 Å². The van der Waals surface area contributed by atoms with Crippen LogP contribution in [0, 0.1) is 0 Å². The number of likely N-dealkylation sites (N-methyl/N-ethyl adjacent to an activating group) is 1. The van der Waals surface area contributed by atoms with Crippen molar-refractivity contribution >= 4 is 5.91 Å². The van der Waals surface area contributed by atoms with Crippen molar-refractivity contribution in [2.75, 3.05) is 13.1 Å². The molecule has 18 heavy (non-hydrogen) atoms. The van der Waals surface area contributed by atoms with Crippen molar-refractivity contribution in [1.29, 1.82) is 0 Å². The maximum Gasteiger partial charge on any atom is 0.235 e. The van der Waals surface area contributed by atoms with Gasteiger partial charge in [-0.1, -0.05) is 40.0 Å². The van der Waals surface area contributed by atoms with E-state index in [4.69, 9.17) is 5.73 Å². The van der Waals surface area contributed by atoms with Crippen molar-refractivity contribution in [3.63, 3.8) is 0 Å². The minimum atomic E-state index is -0.238. The first kappa shape index (κ1) is 15.4. The number of nitrogens with zero attached hydrogens (tertiary/aromatic N) is 1. The fourth-order valence-electron chi connectivity index (χ4n) is 2.84. The highest BCUT2D eigenvalue weighted by Crippen LogP contribution is 2.22. The van der Waals surface area contributed by atoms with Gasteiger partial charge in [0.15, 0.2) is 0 Å². The van der Waals surface area contributed by atoms with Gasteiger partial charge in [-0.25, -0.2) is 0 Å². The number of nitrogens with two attached hydrogens (primary N) is 1. The van der Waals surface area contributed by atoms with Crippen LogP contribution < -0.4 is 11.1 Å². The molecular formula is C14H29N3O. The number of rotatable bonds is 7. The van der Waals surface area contributed by atoms with Gasteiger partial charge < -0.3 is 11.1 Å². The van der Waals surface area contributed by atoms with Gasteiger partial charge in [-0.3, -0.25) is 9.69 Å². The van der Waals surface area contributed by atoms with Crippen LogP contribution in [0.3, 0.4) is 0 Å². The second kappa shape index (κ2) is 7.74. The molecule has 0 bridgehead atoms. The average Bonchev–Trinajstić information content (AvgIpc) is 2.34. The molecule has 0 aromatic carbocycles. The topological polar surface area (TPSA) is 58.4 Å². The largest absolute Gasteiger partial charge is 0.368 e. The molecular weight excluding hydrogens is 226 g/mol. The Morgan fingerprint density at radius 1 is 1.33 bits per heavy atom. The van der Waals surface area contributed by atoms with Crippen molar-refractivity contribution in [2.24, 2.45) is 5.73 Å². The number of amides is 1. The zero-order valence-electron chi connectivity index (χ0n) is 12.1. The molecule has 1 aliphatic carbocycles. The molecule has 1 unspecified atom stereocenters. The highest BCUT2D eigenvalue weighted by atomic mass is 16.1. The van der Waals surface area contributed by atoms with Crippen molar-refractivity contribution in [2.45, 2.75) is 71.0 Å². The van der Waals surface area contributed by atoms with Crippen molar-refractivity contribution in [3.8, 4) is 0 Å². The second-order valence-electron chi connectivity index (χ2n) is 5.66. The summed E-state index contributed by atoms with van der Waals surface area (Å²) in [6, 6.07) is 0.694. The van der Waals surface area contributed by atoms with Gasteiger partial charge in [-0.05, 0) is 19.4 Å². The Morgan fingerprint density at radius 3 is 2.39 bits per heavy atom. The molecule has 0 spiro atoms. The first-order valence-corrected chi connectivity index (χ1v) is 7.34. The van der Waals surface area contributed by atoms with Gasteiger partial charge in [0.1, 0.15) is 0 Å². The van der Waals surface area contributed by atoms with Crippen LogP contribution >= 0.6 is 0 Å². The summed E-state index contributed by atoms with van der Waals surface area (Å²) in [5.74, 6) is -0.238. The minimum absolute atomic E-state index is 0.230. The molecule has 0 heterocycles. The van der Waals surface area contributed by atoms with E-state index in [9.17, 15) is 4.79 Å². The van der Waals surface area contributed by atoms with Gasteiger partial charge >= 0.3 is 0 Å². The molecule has 1 saturated carbocycles. The van der Waals surface area contributed by atoms with Gasteiger partial charge in [0.25, 0.3) is 0 Å². The molecule has 3 N–H and O–H groups in total. The van der Waals surface area contributed by atoms with Gasteiger partial charge in [-0.2, -0.15) is 0 Å². The van der Waals surface area contributed by atoms with E-state index in [1.165, 1.54) is 32.1 Å². The summed E-state index contributed by atoms with van der Waals surface area (Å²) >= 11 is 0. The van der Waals surface area contributed by atoms with E-state index in [1.807, 2.05) is 13.8 Å². The van der Waals surface area contributed by atoms with Crippen molar-refractivity contribution < 1.29 is 4.79 Å². The molecule has 0 aromatic rings. The smallest absolute Gasteiger partial charge is 0.235 e. The lowest BCUT2D eigenvalue weighted by molar-refractivity contribution is -0.120. The Morgan fingerprint density at radius 2 is 1.94 bits per heavy atom. The third kappa shape index (κ3) is 4.94. The maximum atomic E-state index is 11.5. The molecule has 1 amide bonds. The third-order valence-electron chi connectivity index (χ3n) is 3.79. The van der Waals surface area contributed by atoms with Gasteiger partial charge in [-0.15, -0.1) is 0 Å². The summed E-state index contributed by atoms with van der Waals surface area (Å²) in [5, 5.41) is 3.27. The number of nitrogens with one attached hydrogen (secondary N) is 1. The SMILES string of the molecule is CCN(CC(NC(C)C)C(N)=O)C1CCCCC1. The highest BCUT2D eigenvalue weighted by molar-refractivity contribution is 5.80. The van der Waals surface area contributed by atoms with Gasteiger partial charge in [0, 0.05) is 18.6 Å². The van der Waals surface area contributed by atoms with E-state index in [0.717, 1.165) is 13.1 Å². The lowest BCUT2D eigenvalue weighted by Crippen LogP contribution is -2.53. The monoisotopic (exact) mass is 255 g/mol. The van der Waals surface area contributed by atoms with E-state index in [-0.39, 0.29) is 18.0 Å². The Bertz CT molecular complexity index is 249. The number of carbonyl (C=O) groups excluding carboxylic acids is 1. The predicted molar refractivity (Wildman–Crippen MR) is 75.4 cm³/mol. The first-order chi connectivity index (χ1) is 8.54. The standard InChI is InChI=1S/C14H29N3O/c1-4-17(12-8-6-5-7-9-12)10-13(14(15)18)16-11(2)3/h11-13,16H,4-10H2,1-3H3,(H2,15,18). The Kier molecular flexibility index (Phi) is 6.65. The molecule has 0 aromatic heterocycles. The van der Waals surface area contributed by atoms with Crippen molar-refractivity contribution in [3.05, 3.63) is 0 Å². The summed E-state index contributed by atoms with van der Waals surface area (Å²) in [6.45, 7) is 8.00. The molecule has 4 nitrogen and oxygen atoms in total. The fraction of sp³-hybridized carbons (Fsp3) is 0.929. The van der Waals surface area contributed by atoms with E-state index in [0.29, 0.717) is 6.04 Å². The van der Waals surface area contributed by atoms with E-state index in [2.05, 4.69) is 17.1 Å². The molecule has 1 fully saturated rings. The van der Waals surface area contributed by atoms with Gasteiger partial charge in [0.2, 0.25) is 5.91 Å². The lowest BCUT2D eigenvalue weighted by atomic mass is 9.94. The first-order valence-electron chi connectivity index (χ1n) is 7.34. The molecule has 0 radical (unpaired) electrons. The summed E-state index contributed by atoms with van der Waals surface area (Å²) in [4.78, 5) is 13.9. The van der Waals surface area contributed by atoms with Crippen LogP contribution in [0.5, 0.6) is 0 Å². The minimum Gasteiger partial charge on any atom is -0.368 e. The van der Waals surface area contributed by atoms with E-state index >= 15 is 0 Å². The van der Waals surface area contributed by atoms with Crippen LogP contribution in [0.25, 0.3) is 0 Å². The quantitative estimate of drug-likeness (QED) is 0.724. The number of hydrogen-bond donors (Lipinski definition) is 2. The van der Waals surface area contributed by atoms with Crippen LogP contribution in [0.15, 0.2) is 0 Å². The zero-order valence-corrected chi connectivity index (χ0v) is 12.1. The maximum absolute atomic E-state index is 11.5. The number of hydrogen-bond acceptors (Lipinski definition) is 3. The molecule has 1 aliphatic rings. The zero-order chi connectivity index (χ0) is 13.5. The Labute approximate surface area is 111 Å². The molecule has 0 aliphatic heterocycles. The summed E-state index contributed by atoms with van der Waals surface area (Å²) in [6.07, 6.45) is 6.53. The summed E-state index contributed by atoms with van der Waals surface area (Å²) in [7, 11) is 0. The molecule has 106 valence electrons. The van der Waals surface area contributed by atoms with Crippen LogP contribution in [0.2, 0.25) is 0 Å². The van der Waals surface area contributed by atoms with Crippen LogP contribution in [-0.2, 0) is 4.79 Å². The summed E-state index contributed by atoms with van der Waals surface area (Å²) in [5.41, 5.74) is 5.49.